The molecule has 2 aliphatic rings. The summed E-state index contributed by atoms with van der Waals surface area (Å²) in [5.41, 5.74) is 1.95. The number of fused-ring (bicyclic) bond motifs is 1. The number of nitrogens with zero attached hydrogens (tertiary/aromatic N) is 1. The molecule has 0 saturated carbocycles. The fraction of sp³-hybridized carbons (Fsp3) is 0.462. The van der Waals surface area contributed by atoms with Crippen molar-refractivity contribution < 1.29 is 9.53 Å². The Balaban J connectivity index is 1.86. The van der Waals surface area contributed by atoms with Crippen LogP contribution in [0.2, 0.25) is 0 Å². The Morgan fingerprint density at radius 1 is 1.50 bits per heavy atom. The Kier molecular flexibility index (Phi) is 3.26. The number of carbonyl (C=O) groups excluding carboxylic acids is 1. The van der Waals surface area contributed by atoms with Gasteiger partial charge in [-0.2, -0.15) is 0 Å². The molecule has 96 valence electrons. The van der Waals surface area contributed by atoms with E-state index in [4.69, 9.17) is 4.74 Å². The summed E-state index contributed by atoms with van der Waals surface area (Å²) >= 11 is 3.45. The van der Waals surface area contributed by atoms with Crippen LogP contribution in [-0.2, 0) is 9.53 Å². The first-order valence-electron chi connectivity index (χ1n) is 6.19. The van der Waals surface area contributed by atoms with Gasteiger partial charge < -0.3 is 15.0 Å². The summed E-state index contributed by atoms with van der Waals surface area (Å²) < 4.78 is 6.63. The second kappa shape index (κ2) is 4.90. The maximum atomic E-state index is 12.0. The Morgan fingerprint density at radius 2 is 2.39 bits per heavy atom. The Morgan fingerprint density at radius 3 is 3.17 bits per heavy atom. The van der Waals surface area contributed by atoms with Crippen LogP contribution in [-0.4, -0.2) is 31.7 Å². The largest absolute Gasteiger partial charge is 0.376 e. The van der Waals surface area contributed by atoms with Crippen LogP contribution in [0.15, 0.2) is 22.7 Å². The van der Waals surface area contributed by atoms with Crippen LogP contribution in [0.4, 0.5) is 11.4 Å². The monoisotopic (exact) mass is 310 g/mol. The van der Waals surface area contributed by atoms with Gasteiger partial charge in [-0.05, 0) is 31.0 Å². The number of hydrogen-bond donors (Lipinski definition) is 1. The highest BCUT2D eigenvalue weighted by atomic mass is 79.9. The van der Waals surface area contributed by atoms with Gasteiger partial charge in [0.1, 0.15) is 0 Å². The van der Waals surface area contributed by atoms with Crippen molar-refractivity contribution in [2.45, 2.75) is 18.9 Å². The maximum absolute atomic E-state index is 12.0. The molecular formula is C13H15BrN2O2. The van der Waals surface area contributed by atoms with Gasteiger partial charge in [0, 0.05) is 11.1 Å². The highest BCUT2D eigenvalue weighted by Gasteiger charge is 2.28. The summed E-state index contributed by atoms with van der Waals surface area (Å²) in [6.45, 7) is 1.84. The van der Waals surface area contributed by atoms with Crippen LogP contribution >= 0.6 is 15.9 Å². The molecule has 1 N–H and O–H groups in total. The summed E-state index contributed by atoms with van der Waals surface area (Å²) in [6.07, 6.45) is 2.32. The predicted molar refractivity (Wildman–Crippen MR) is 74.0 cm³/mol. The minimum Gasteiger partial charge on any atom is -0.376 e. The summed E-state index contributed by atoms with van der Waals surface area (Å²) in [6, 6.07) is 5.93. The fourth-order valence-corrected chi connectivity index (χ4v) is 2.84. The summed E-state index contributed by atoms with van der Waals surface area (Å²) in [5, 5.41) is 3.15. The molecule has 1 amide bonds. The van der Waals surface area contributed by atoms with Gasteiger partial charge in [-0.25, -0.2) is 0 Å². The Labute approximate surface area is 114 Å². The molecule has 1 unspecified atom stereocenters. The van der Waals surface area contributed by atoms with Crippen molar-refractivity contribution in [3.63, 3.8) is 0 Å². The first-order chi connectivity index (χ1) is 8.74. The average molecular weight is 311 g/mol. The summed E-state index contributed by atoms with van der Waals surface area (Å²) in [7, 11) is 0. The van der Waals surface area contributed by atoms with Crippen LogP contribution in [0.1, 0.15) is 12.8 Å². The number of rotatable bonds is 2. The second-order valence-electron chi connectivity index (χ2n) is 4.65. The smallest absolute Gasteiger partial charge is 0.246 e. The number of carbonyl (C=O) groups is 1. The van der Waals surface area contributed by atoms with Gasteiger partial charge in [0.2, 0.25) is 5.91 Å². The lowest BCUT2D eigenvalue weighted by molar-refractivity contribution is -0.117. The van der Waals surface area contributed by atoms with Crippen LogP contribution in [0.5, 0.6) is 0 Å². The van der Waals surface area contributed by atoms with E-state index in [-0.39, 0.29) is 12.0 Å². The standard InChI is InChI=1S/C13H15BrN2O2/c14-9-3-4-12-11(6-9)15-7-13(17)16(12)8-10-2-1-5-18-10/h3-4,6,10,15H,1-2,5,7-8H2. The topological polar surface area (TPSA) is 41.6 Å². The lowest BCUT2D eigenvalue weighted by atomic mass is 10.1. The number of hydrogen-bond acceptors (Lipinski definition) is 3. The van der Waals surface area contributed by atoms with Crippen molar-refractivity contribution in [2.24, 2.45) is 0 Å². The first kappa shape index (κ1) is 12.0. The zero-order valence-electron chi connectivity index (χ0n) is 9.99. The van der Waals surface area contributed by atoms with Gasteiger partial charge in [0.05, 0.1) is 30.6 Å². The van der Waals surface area contributed by atoms with Crippen LogP contribution < -0.4 is 10.2 Å². The van der Waals surface area contributed by atoms with E-state index in [0.29, 0.717) is 13.1 Å². The molecule has 1 aromatic carbocycles. The third-order valence-corrected chi connectivity index (χ3v) is 3.88. The molecule has 2 heterocycles. The van der Waals surface area contributed by atoms with Gasteiger partial charge in [0.15, 0.2) is 0 Å². The van der Waals surface area contributed by atoms with Gasteiger partial charge >= 0.3 is 0 Å². The van der Waals surface area contributed by atoms with E-state index >= 15 is 0 Å². The van der Waals surface area contributed by atoms with Crippen molar-refractivity contribution >= 4 is 33.2 Å². The minimum absolute atomic E-state index is 0.111. The molecule has 0 bridgehead atoms. The molecular weight excluding hydrogens is 296 g/mol. The third-order valence-electron chi connectivity index (χ3n) is 3.39. The van der Waals surface area contributed by atoms with Crippen LogP contribution in [0.25, 0.3) is 0 Å². The molecule has 1 atom stereocenters. The molecule has 1 aromatic rings. The molecule has 0 radical (unpaired) electrons. The summed E-state index contributed by atoms with van der Waals surface area (Å²) in [5.74, 6) is 0.111. The lowest BCUT2D eigenvalue weighted by Gasteiger charge is -2.31. The molecule has 2 aliphatic heterocycles. The van der Waals surface area contributed by atoms with Crippen molar-refractivity contribution in [1.82, 2.24) is 0 Å². The Hall–Kier alpha value is -1.07. The molecule has 5 heteroatoms. The quantitative estimate of drug-likeness (QED) is 0.912. The van der Waals surface area contributed by atoms with Crippen LogP contribution in [0, 0.1) is 0 Å². The Bertz CT molecular complexity index is 472. The van der Waals surface area contributed by atoms with E-state index in [1.165, 1.54) is 0 Å². The van der Waals surface area contributed by atoms with E-state index in [1.807, 2.05) is 23.1 Å². The highest BCUT2D eigenvalue weighted by molar-refractivity contribution is 9.10. The zero-order chi connectivity index (χ0) is 12.5. The molecule has 0 aromatic heterocycles. The summed E-state index contributed by atoms with van der Waals surface area (Å²) in [4.78, 5) is 13.9. The first-order valence-corrected chi connectivity index (χ1v) is 6.99. The van der Waals surface area contributed by atoms with Crippen molar-refractivity contribution in [2.75, 3.05) is 29.9 Å². The van der Waals surface area contributed by atoms with Crippen molar-refractivity contribution in [3.8, 4) is 0 Å². The highest BCUT2D eigenvalue weighted by Crippen LogP contribution is 2.33. The normalized spacial score (nSPS) is 22.8. The van der Waals surface area contributed by atoms with Gasteiger partial charge in [-0.3, -0.25) is 4.79 Å². The second-order valence-corrected chi connectivity index (χ2v) is 5.57. The molecule has 0 aliphatic carbocycles. The van der Waals surface area contributed by atoms with Gasteiger partial charge in [-0.15, -0.1) is 0 Å². The van der Waals surface area contributed by atoms with E-state index in [0.717, 1.165) is 35.3 Å². The predicted octanol–water partition coefficient (Wildman–Crippen LogP) is 2.39. The lowest BCUT2D eigenvalue weighted by Crippen LogP contribution is -2.43. The number of amides is 1. The van der Waals surface area contributed by atoms with E-state index in [9.17, 15) is 4.79 Å². The molecule has 4 nitrogen and oxygen atoms in total. The van der Waals surface area contributed by atoms with Gasteiger partial charge in [-0.1, -0.05) is 15.9 Å². The van der Waals surface area contributed by atoms with E-state index in [2.05, 4.69) is 21.2 Å². The molecule has 3 rings (SSSR count). The van der Waals surface area contributed by atoms with Crippen molar-refractivity contribution in [3.05, 3.63) is 22.7 Å². The fourth-order valence-electron chi connectivity index (χ4n) is 2.48. The maximum Gasteiger partial charge on any atom is 0.246 e. The SMILES string of the molecule is O=C1CNc2cc(Br)ccc2N1CC1CCCO1. The number of benzene rings is 1. The molecule has 1 saturated heterocycles. The van der Waals surface area contributed by atoms with Gasteiger partial charge in [0.25, 0.3) is 0 Å². The number of anilines is 2. The minimum atomic E-state index is 0.111. The van der Waals surface area contributed by atoms with Crippen LogP contribution in [0.3, 0.4) is 0 Å². The number of nitrogens with one attached hydrogen (secondary N) is 1. The number of ether oxygens (including phenoxy) is 1. The third kappa shape index (κ3) is 2.24. The van der Waals surface area contributed by atoms with Crippen molar-refractivity contribution in [1.29, 1.82) is 0 Å². The molecule has 1 fully saturated rings. The zero-order valence-corrected chi connectivity index (χ0v) is 11.6. The average Bonchev–Trinajstić information content (AvgIpc) is 2.86. The number of halogens is 1. The van der Waals surface area contributed by atoms with E-state index in [1.54, 1.807) is 0 Å². The molecule has 0 spiro atoms. The molecule has 18 heavy (non-hydrogen) atoms. The van der Waals surface area contributed by atoms with E-state index < -0.39 is 0 Å².